The smallest absolute Gasteiger partial charge is 0.258 e. The third kappa shape index (κ3) is 3.15. The van der Waals surface area contributed by atoms with Gasteiger partial charge >= 0.3 is 0 Å². The summed E-state index contributed by atoms with van der Waals surface area (Å²) in [4.78, 5) is 15.5. The van der Waals surface area contributed by atoms with E-state index in [9.17, 15) is 4.79 Å². The van der Waals surface area contributed by atoms with Crippen molar-refractivity contribution in [1.29, 1.82) is 0 Å². The van der Waals surface area contributed by atoms with Crippen LogP contribution in [0.2, 0.25) is 0 Å². The second kappa shape index (κ2) is 7.44. The Kier molecular flexibility index (Phi) is 4.49. The molecule has 0 aromatic heterocycles. The zero-order valence-corrected chi connectivity index (χ0v) is 16.0. The summed E-state index contributed by atoms with van der Waals surface area (Å²) in [5.74, 6) is 0.780. The number of hydrogen-bond acceptors (Lipinski definition) is 2. The standard InChI is InChI=1S/C26H21NO2/c28-26-22-16-17-29-25(22)23(18-19-10-4-1-5-11-19)24(20-12-6-2-7-13-20)27(26)21-14-8-3-9-15-21/h1-15,18,24H,16-17H2/b23-18-. The van der Waals surface area contributed by atoms with Crippen molar-refractivity contribution in [1.82, 2.24) is 0 Å². The van der Waals surface area contributed by atoms with Crippen LogP contribution in [0.15, 0.2) is 108 Å². The van der Waals surface area contributed by atoms with Crippen LogP contribution in [0.5, 0.6) is 0 Å². The van der Waals surface area contributed by atoms with E-state index in [1.807, 2.05) is 71.6 Å². The average molecular weight is 379 g/mol. The molecule has 3 aromatic rings. The number of para-hydroxylation sites is 1. The predicted molar refractivity (Wildman–Crippen MR) is 115 cm³/mol. The fraction of sp³-hybridized carbons (Fsp3) is 0.115. The summed E-state index contributed by atoms with van der Waals surface area (Å²) in [5.41, 5.74) is 4.84. The molecule has 0 saturated heterocycles. The first-order valence-electron chi connectivity index (χ1n) is 9.89. The average Bonchev–Trinajstić information content (AvgIpc) is 3.28. The van der Waals surface area contributed by atoms with E-state index in [0.717, 1.165) is 33.7 Å². The molecule has 3 aromatic carbocycles. The van der Waals surface area contributed by atoms with Gasteiger partial charge in [0.05, 0.1) is 18.2 Å². The maximum atomic E-state index is 13.5. The first-order valence-corrected chi connectivity index (χ1v) is 9.89. The van der Waals surface area contributed by atoms with E-state index in [1.54, 1.807) is 0 Å². The lowest BCUT2D eigenvalue weighted by Crippen LogP contribution is -2.40. The van der Waals surface area contributed by atoms with Gasteiger partial charge in [-0.2, -0.15) is 0 Å². The normalized spacial score (nSPS) is 20.0. The molecule has 0 saturated carbocycles. The summed E-state index contributed by atoms with van der Waals surface area (Å²) in [5, 5.41) is 0. The lowest BCUT2D eigenvalue weighted by atomic mass is 9.87. The molecule has 0 N–H and O–H groups in total. The van der Waals surface area contributed by atoms with Gasteiger partial charge in [-0.15, -0.1) is 0 Å². The van der Waals surface area contributed by atoms with Crippen molar-refractivity contribution in [3.63, 3.8) is 0 Å². The maximum absolute atomic E-state index is 13.5. The van der Waals surface area contributed by atoms with E-state index >= 15 is 0 Å². The third-order valence-electron chi connectivity index (χ3n) is 5.44. The first-order chi connectivity index (χ1) is 14.3. The van der Waals surface area contributed by atoms with Gasteiger partial charge in [0.1, 0.15) is 5.76 Å². The van der Waals surface area contributed by atoms with Gasteiger partial charge in [-0.25, -0.2) is 0 Å². The molecule has 1 atom stereocenters. The molecule has 0 aliphatic carbocycles. The van der Waals surface area contributed by atoms with Crippen LogP contribution in [0, 0.1) is 0 Å². The monoisotopic (exact) mass is 379 g/mol. The topological polar surface area (TPSA) is 29.5 Å². The number of amides is 1. The molecule has 0 fully saturated rings. The molecule has 2 aliphatic heterocycles. The van der Waals surface area contributed by atoms with Gasteiger partial charge in [0, 0.05) is 17.7 Å². The van der Waals surface area contributed by atoms with Gasteiger partial charge in [0.25, 0.3) is 5.91 Å². The maximum Gasteiger partial charge on any atom is 0.258 e. The third-order valence-corrected chi connectivity index (χ3v) is 5.44. The largest absolute Gasteiger partial charge is 0.492 e. The molecule has 0 radical (unpaired) electrons. The molecule has 3 heteroatoms. The molecular weight excluding hydrogens is 358 g/mol. The van der Waals surface area contributed by atoms with Gasteiger partial charge in [0.15, 0.2) is 0 Å². The number of ether oxygens (including phenoxy) is 1. The predicted octanol–water partition coefficient (Wildman–Crippen LogP) is 5.53. The van der Waals surface area contributed by atoms with Crippen molar-refractivity contribution in [2.45, 2.75) is 12.5 Å². The SMILES string of the molecule is O=C1C2=C(OCC2)/C(=C\c2ccccc2)C(c2ccccc2)N1c1ccccc1. The lowest BCUT2D eigenvalue weighted by Gasteiger charge is -2.38. The van der Waals surface area contributed by atoms with Gasteiger partial charge in [-0.1, -0.05) is 78.9 Å². The van der Waals surface area contributed by atoms with Crippen LogP contribution in [-0.2, 0) is 9.53 Å². The summed E-state index contributed by atoms with van der Waals surface area (Å²) in [6.45, 7) is 0.548. The molecular formula is C26H21NO2. The summed E-state index contributed by atoms with van der Waals surface area (Å²) in [7, 11) is 0. The van der Waals surface area contributed by atoms with E-state index in [1.165, 1.54) is 0 Å². The molecule has 1 amide bonds. The van der Waals surface area contributed by atoms with Crippen LogP contribution in [-0.4, -0.2) is 12.5 Å². The van der Waals surface area contributed by atoms with Crippen LogP contribution in [0.3, 0.4) is 0 Å². The molecule has 5 rings (SSSR count). The first kappa shape index (κ1) is 17.5. The van der Waals surface area contributed by atoms with Gasteiger partial charge in [0.2, 0.25) is 0 Å². The van der Waals surface area contributed by atoms with Crippen LogP contribution in [0.4, 0.5) is 5.69 Å². The fourth-order valence-corrected chi connectivity index (χ4v) is 4.14. The highest BCUT2D eigenvalue weighted by Gasteiger charge is 2.42. The molecule has 29 heavy (non-hydrogen) atoms. The van der Waals surface area contributed by atoms with Crippen molar-refractivity contribution in [3.8, 4) is 0 Å². The molecule has 0 bridgehead atoms. The van der Waals surface area contributed by atoms with Crippen molar-refractivity contribution >= 4 is 17.7 Å². The minimum Gasteiger partial charge on any atom is -0.492 e. The Morgan fingerprint density at radius 1 is 0.828 bits per heavy atom. The zero-order chi connectivity index (χ0) is 19.6. The molecule has 2 heterocycles. The van der Waals surface area contributed by atoms with Gasteiger partial charge in [-0.05, 0) is 29.3 Å². The number of nitrogens with zero attached hydrogens (tertiary/aromatic N) is 1. The van der Waals surface area contributed by atoms with Crippen molar-refractivity contribution in [3.05, 3.63) is 119 Å². The Hall–Kier alpha value is -3.59. The van der Waals surface area contributed by atoms with E-state index in [-0.39, 0.29) is 11.9 Å². The second-order valence-electron chi connectivity index (χ2n) is 7.24. The Balaban J connectivity index is 1.76. The van der Waals surface area contributed by atoms with E-state index < -0.39 is 0 Å². The minimum atomic E-state index is -0.247. The lowest BCUT2D eigenvalue weighted by molar-refractivity contribution is -0.115. The second-order valence-corrected chi connectivity index (χ2v) is 7.24. The Bertz CT molecular complexity index is 1090. The number of anilines is 1. The molecule has 1 unspecified atom stereocenters. The van der Waals surface area contributed by atoms with Gasteiger partial charge < -0.3 is 4.74 Å². The molecule has 142 valence electrons. The highest BCUT2D eigenvalue weighted by molar-refractivity contribution is 6.09. The minimum absolute atomic E-state index is 0.0303. The summed E-state index contributed by atoms with van der Waals surface area (Å²) < 4.78 is 6.01. The Morgan fingerprint density at radius 2 is 1.45 bits per heavy atom. The highest BCUT2D eigenvalue weighted by atomic mass is 16.5. The van der Waals surface area contributed by atoms with Crippen molar-refractivity contribution < 1.29 is 9.53 Å². The van der Waals surface area contributed by atoms with E-state index in [2.05, 4.69) is 30.3 Å². The number of benzene rings is 3. The quantitative estimate of drug-likeness (QED) is 0.599. The highest BCUT2D eigenvalue weighted by Crippen LogP contribution is 2.45. The summed E-state index contributed by atoms with van der Waals surface area (Å²) in [6.07, 6.45) is 2.80. The number of rotatable bonds is 3. The Labute approximate surface area is 170 Å². The van der Waals surface area contributed by atoms with E-state index in [4.69, 9.17) is 4.74 Å². The molecule has 2 aliphatic rings. The zero-order valence-electron chi connectivity index (χ0n) is 16.0. The number of carbonyl (C=O) groups is 1. The molecule has 0 spiro atoms. The van der Waals surface area contributed by atoms with Crippen LogP contribution < -0.4 is 4.90 Å². The molecule has 3 nitrogen and oxygen atoms in total. The van der Waals surface area contributed by atoms with Crippen LogP contribution in [0.1, 0.15) is 23.6 Å². The number of hydrogen-bond donors (Lipinski definition) is 0. The van der Waals surface area contributed by atoms with Crippen LogP contribution in [0.25, 0.3) is 6.08 Å². The summed E-state index contributed by atoms with van der Waals surface area (Å²) >= 11 is 0. The van der Waals surface area contributed by atoms with Gasteiger partial charge in [-0.3, -0.25) is 9.69 Å². The van der Waals surface area contributed by atoms with Crippen LogP contribution >= 0.6 is 0 Å². The number of carbonyl (C=O) groups excluding carboxylic acids is 1. The fourth-order valence-electron chi connectivity index (χ4n) is 4.14. The Morgan fingerprint density at radius 3 is 2.14 bits per heavy atom. The van der Waals surface area contributed by atoms with Crippen molar-refractivity contribution in [2.24, 2.45) is 0 Å². The van der Waals surface area contributed by atoms with Crippen molar-refractivity contribution in [2.75, 3.05) is 11.5 Å². The van der Waals surface area contributed by atoms with E-state index in [0.29, 0.717) is 13.0 Å². The summed E-state index contributed by atoms with van der Waals surface area (Å²) in [6, 6.07) is 30.1.